The summed E-state index contributed by atoms with van der Waals surface area (Å²) in [7, 11) is -0.178. The smallest absolute Gasteiger partial charge is 0.252 e. The van der Waals surface area contributed by atoms with E-state index in [1.165, 1.54) is 34.5 Å². The number of amides is 1. The molecule has 0 spiro atoms. The van der Waals surface area contributed by atoms with Gasteiger partial charge in [0.1, 0.15) is 5.75 Å². The largest absolute Gasteiger partial charge is 0.496 e. The highest BCUT2D eigenvalue weighted by atomic mass is 32.2. The summed E-state index contributed by atoms with van der Waals surface area (Å²) in [5.74, 6) is -0.448. The molecule has 0 radical (unpaired) electrons. The number of nitrogens with two attached hydrogens (primary N) is 1. The molecule has 0 aromatic heterocycles. The van der Waals surface area contributed by atoms with Crippen LogP contribution in [0.25, 0.3) is 0 Å². The number of ether oxygens (including phenoxy) is 1. The van der Waals surface area contributed by atoms with Crippen molar-refractivity contribution in [2.24, 2.45) is 5.73 Å². The van der Waals surface area contributed by atoms with Gasteiger partial charge in [-0.15, -0.1) is 0 Å². The molecule has 2 rings (SSSR count). The Labute approximate surface area is 124 Å². The average molecular weight is 314 g/mol. The first-order valence-corrected chi connectivity index (χ1v) is 8.09. The summed E-state index contributed by atoms with van der Waals surface area (Å²) in [6, 6.07) is 4.17. The van der Waals surface area contributed by atoms with Gasteiger partial charge in [-0.2, -0.15) is 4.31 Å². The second-order valence-electron chi connectivity index (χ2n) is 5.09. The lowest BCUT2D eigenvalue weighted by molar-refractivity contribution is -0.883. The normalized spacial score (nSPS) is 17.6. The van der Waals surface area contributed by atoms with E-state index in [1.807, 2.05) is 7.05 Å². The number of piperazine rings is 1. The van der Waals surface area contributed by atoms with Crippen LogP contribution in [0.15, 0.2) is 23.1 Å². The second-order valence-corrected chi connectivity index (χ2v) is 7.03. The van der Waals surface area contributed by atoms with Crippen LogP contribution in [0.2, 0.25) is 0 Å². The van der Waals surface area contributed by atoms with Crippen LogP contribution in [0.5, 0.6) is 5.75 Å². The zero-order valence-corrected chi connectivity index (χ0v) is 12.9. The van der Waals surface area contributed by atoms with Crippen LogP contribution in [0, 0.1) is 0 Å². The van der Waals surface area contributed by atoms with Crippen molar-refractivity contribution >= 4 is 15.9 Å². The third kappa shape index (κ3) is 3.17. The molecule has 1 aromatic carbocycles. The van der Waals surface area contributed by atoms with Gasteiger partial charge in [0.15, 0.2) is 0 Å². The fourth-order valence-corrected chi connectivity index (χ4v) is 3.77. The lowest BCUT2D eigenvalue weighted by Crippen LogP contribution is -3.12. The Morgan fingerprint density at radius 1 is 1.33 bits per heavy atom. The zero-order chi connectivity index (χ0) is 15.6. The van der Waals surface area contributed by atoms with Crippen LogP contribution in [0.4, 0.5) is 0 Å². The maximum absolute atomic E-state index is 12.6. The molecule has 1 heterocycles. The van der Waals surface area contributed by atoms with Crippen molar-refractivity contribution in [3.63, 3.8) is 0 Å². The van der Waals surface area contributed by atoms with E-state index in [0.29, 0.717) is 13.1 Å². The first kappa shape index (κ1) is 15.7. The minimum atomic E-state index is -3.61. The summed E-state index contributed by atoms with van der Waals surface area (Å²) in [6.07, 6.45) is 0. The molecular weight excluding hydrogens is 294 g/mol. The summed E-state index contributed by atoms with van der Waals surface area (Å²) >= 11 is 0. The molecule has 1 aliphatic rings. The second kappa shape index (κ2) is 6.00. The van der Waals surface area contributed by atoms with Crippen molar-refractivity contribution in [3.8, 4) is 5.75 Å². The van der Waals surface area contributed by atoms with E-state index in [4.69, 9.17) is 10.5 Å². The molecule has 0 atom stereocenters. The Morgan fingerprint density at radius 2 is 1.95 bits per heavy atom. The number of hydrogen-bond donors (Lipinski definition) is 2. The molecule has 3 N–H and O–H groups in total. The Hall–Kier alpha value is -1.64. The van der Waals surface area contributed by atoms with E-state index in [-0.39, 0.29) is 16.2 Å². The first-order chi connectivity index (χ1) is 9.86. The molecule has 0 bridgehead atoms. The van der Waals surface area contributed by atoms with E-state index in [0.717, 1.165) is 13.1 Å². The molecular formula is C13H20N3O4S+. The van der Waals surface area contributed by atoms with Crippen LogP contribution in [-0.4, -0.2) is 59.0 Å². The molecule has 21 heavy (non-hydrogen) atoms. The molecule has 0 saturated carbocycles. The Kier molecular flexibility index (Phi) is 4.50. The van der Waals surface area contributed by atoms with Crippen LogP contribution in [0.1, 0.15) is 10.4 Å². The molecule has 0 aliphatic carbocycles. The van der Waals surface area contributed by atoms with Gasteiger partial charge in [-0.25, -0.2) is 8.42 Å². The monoisotopic (exact) mass is 314 g/mol. The third-order valence-electron chi connectivity index (χ3n) is 3.65. The van der Waals surface area contributed by atoms with Gasteiger partial charge in [-0.3, -0.25) is 4.79 Å². The van der Waals surface area contributed by atoms with Crippen molar-refractivity contribution in [2.45, 2.75) is 4.90 Å². The number of hydrogen-bond acceptors (Lipinski definition) is 4. The van der Waals surface area contributed by atoms with Gasteiger partial charge in [-0.05, 0) is 18.2 Å². The Morgan fingerprint density at radius 3 is 2.48 bits per heavy atom. The molecule has 1 saturated heterocycles. The SMILES string of the molecule is COc1ccc(S(=O)(=O)N2CC[NH+](C)CC2)cc1C(N)=O. The van der Waals surface area contributed by atoms with Crippen LogP contribution in [0.3, 0.4) is 0 Å². The topological polar surface area (TPSA) is 94.1 Å². The number of methoxy groups -OCH3 is 1. The van der Waals surface area contributed by atoms with Gasteiger partial charge < -0.3 is 15.4 Å². The minimum absolute atomic E-state index is 0.0663. The molecule has 1 aliphatic heterocycles. The van der Waals surface area contributed by atoms with Gasteiger partial charge >= 0.3 is 0 Å². The summed E-state index contributed by atoms with van der Waals surface area (Å²) in [4.78, 5) is 12.8. The van der Waals surface area contributed by atoms with E-state index < -0.39 is 15.9 Å². The van der Waals surface area contributed by atoms with Gasteiger partial charge in [0.05, 0.1) is 50.8 Å². The minimum Gasteiger partial charge on any atom is -0.496 e. The van der Waals surface area contributed by atoms with E-state index in [9.17, 15) is 13.2 Å². The number of primary amides is 1. The van der Waals surface area contributed by atoms with Crippen molar-refractivity contribution in [1.82, 2.24) is 4.31 Å². The van der Waals surface area contributed by atoms with Crippen molar-refractivity contribution in [2.75, 3.05) is 40.3 Å². The summed E-state index contributed by atoms with van der Waals surface area (Å²) < 4.78 is 31.6. The van der Waals surface area contributed by atoms with Crippen LogP contribution < -0.4 is 15.4 Å². The standard InChI is InChI=1S/C13H19N3O4S/c1-15-5-7-16(8-6-15)21(18,19)10-3-4-12(20-2)11(9-10)13(14)17/h3-4,9H,5-8H2,1-2H3,(H2,14,17)/p+1. The average Bonchev–Trinajstić information content (AvgIpc) is 2.46. The third-order valence-corrected chi connectivity index (χ3v) is 5.54. The number of nitrogens with one attached hydrogen (secondary N) is 1. The number of nitrogens with zero attached hydrogens (tertiary/aromatic N) is 1. The summed E-state index contributed by atoms with van der Waals surface area (Å²) in [5.41, 5.74) is 5.34. The van der Waals surface area contributed by atoms with E-state index in [2.05, 4.69) is 0 Å². The number of carbonyl (C=O) groups excluding carboxylic acids is 1. The van der Waals surface area contributed by atoms with E-state index >= 15 is 0 Å². The first-order valence-electron chi connectivity index (χ1n) is 6.65. The molecule has 1 aromatic rings. The number of carbonyl (C=O) groups is 1. The lowest BCUT2D eigenvalue weighted by atomic mass is 10.2. The Balaban J connectivity index is 2.36. The van der Waals surface area contributed by atoms with Gasteiger partial charge in [-0.1, -0.05) is 0 Å². The summed E-state index contributed by atoms with van der Waals surface area (Å²) in [6.45, 7) is 2.45. The quantitative estimate of drug-likeness (QED) is 0.694. The number of sulfonamides is 1. The predicted octanol–water partition coefficient (Wildman–Crippen LogP) is -1.69. The highest BCUT2D eigenvalue weighted by molar-refractivity contribution is 7.89. The molecule has 1 fully saturated rings. The van der Waals surface area contributed by atoms with Gasteiger partial charge in [0, 0.05) is 0 Å². The predicted molar refractivity (Wildman–Crippen MR) is 76.9 cm³/mol. The number of quaternary nitrogens is 1. The highest BCUT2D eigenvalue weighted by Gasteiger charge is 2.30. The number of likely N-dealkylation sites (N-methyl/N-ethyl adjacent to an activating group) is 1. The van der Waals surface area contributed by atoms with Crippen LogP contribution >= 0.6 is 0 Å². The van der Waals surface area contributed by atoms with Crippen LogP contribution in [-0.2, 0) is 10.0 Å². The molecule has 116 valence electrons. The highest BCUT2D eigenvalue weighted by Crippen LogP contribution is 2.24. The molecule has 7 nitrogen and oxygen atoms in total. The lowest BCUT2D eigenvalue weighted by Gasteiger charge is -2.29. The summed E-state index contributed by atoms with van der Waals surface area (Å²) in [5, 5.41) is 0. The maximum atomic E-state index is 12.6. The molecule has 0 unspecified atom stereocenters. The van der Waals surface area contributed by atoms with E-state index in [1.54, 1.807) is 0 Å². The van der Waals surface area contributed by atoms with Crippen molar-refractivity contribution < 1.29 is 22.8 Å². The fraction of sp³-hybridized carbons (Fsp3) is 0.462. The zero-order valence-electron chi connectivity index (χ0n) is 12.1. The maximum Gasteiger partial charge on any atom is 0.252 e. The van der Waals surface area contributed by atoms with Crippen molar-refractivity contribution in [3.05, 3.63) is 23.8 Å². The molecule has 8 heteroatoms. The van der Waals surface area contributed by atoms with Crippen molar-refractivity contribution in [1.29, 1.82) is 0 Å². The number of benzene rings is 1. The molecule has 1 amide bonds. The van der Waals surface area contributed by atoms with Gasteiger partial charge in [0.25, 0.3) is 5.91 Å². The Bertz CT molecular complexity index is 637. The van der Waals surface area contributed by atoms with Gasteiger partial charge in [0.2, 0.25) is 10.0 Å². The fourth-order valence-electron chi connectivity index (χ4n) is 2.30. The number of rotatable bonds is 4.